The zero-order valence-corrected chi connectivity index (χ0v) is 16.0. The van der Waals surface area contributed by atoms with Crippen LogP contribution >= 0.6 is 0 Å². The molecule has 2 unspecified atom stereocenters. The molecule has 0 spiro atoms. The predicted molar refractivity (Wildman–Crippen MR) is 100 cm³/mol. The van der Waals surface area contributed by atoms with Crippen molar-refractivity contribution in [3.63, 3.8) is 0 Å². The summed E-state index contributed by atoms with van der Waals surface area (Å²) < 4.78 is 5.20. The summed E-state index contributed by atoms with van der Waals surface area (Å²) in [5, 5.41) is 13.8. The van der Waals surface area contributed by atoms with Crippen molar-refractivity contribution >= 4 is 12.0 Å². The number of ether oxygens (including phenoxy) is 1. The lowest BCUT2D eigenvalue weighted by molar-refractivity contribution is -0.123. The van der Waals surface area contributed by atoms with Crippen molar-refractivity contribution in [1.82, 2.24) is 10.6 Å². The molecule has 6 heteroatoms. The fourth-order valence-electron chi connectivity index (χ4n) is 2.92. The van der Waals surface area contributed by atoms with Crippen LogP contribution in [0, 0.1) is 22.7 Å². The van der Waals surface area contributed by atoms with Crippen LogP contribution in [-0.2, 0) is 16.1 Å². The highest BCUT2D eigenvalue weighted by molar-refractivity contribution is 5.85. The van der Waals surface area contributed by atoms with Crippen molar-refractivity contribution in [2.45, 2.75) is 53.2 Å². The Morgan fingerprint density at radius 2 is 1.88 bits per heavy atom. The SMILES string of the molecule is CC(CC(NC(=O)OCc1ccccc1)C(=O)NCC#N)CC(C)(C)C. The molecule has 0 aliphatic carbocycles. The highest BCUT2D eigenvalue weighted by atomic mass is 16.5. The van der Waals surface area contributed by atoms with E-state index in [-0.39, 0.29) is 30.4 Å². The van der Waals surface area contributed by atoms with E-state index in [1.165, 1.54) is 0 Å². The molecule has 0 saturated carbocycles. The quantitative estimate of drug-likeness (QED) is 0.696. The first-order chi connectivity index (χ1) is 12.2. The molecule has 1 aromatic rings. The van der Waals surface area contributed by atoms with Crippen molar-refractivity contribution in [2.75, 3.05) is 6.54 Å². The van der Waals surface area contributed by atoms with Gasteiger partial charge in [-0.3, -0.25) is 4.79 Å². The van der Waals surface area contributed by atoms with Crippen LogP contribution in [0.1, 0.15) is 46.1 Å². The van der Waals surface area contributed by atoms with Gasteiger partial charge in [0.15, 0.2) is 0 Å². The van der Waals surface area contributed by atoms with E-state index in [0.29, 0.717) is 6.42 Å². The number of hydrogen-bond acceptors (Lipinski definition) is 4. The molecule has 0 heterocycles. The maximum Gasteiger partial charge on any atom is 0.408 e. The van der Waals surface area contributed by atoms with Gasteiger partial charge in [-0.2, -0.15) is 5.26 Å². The highest BCUT2D eigenvalue weighted by Crippen LogP contribution is 2.26. The van der Waals surface area contributed by atoms with Crippen LogP contribution in [0.4, 0.5) is 4.79 Å². The Labute approximate surface area is 155 Å². The van der Waals surface area contributed by atoms with Gasteiger partial charge in [-0.25, -0.2) is 4.79 Å². The second-order valence-corrected chi connectivity index (χ2v) is 7.74. The molecule has 0 aromatic heterocycles. The van der Waals surface area contributed by atoms with Crippen LogP contribution in [0.15, 0.2) is 30.3 Å². The Morgan fingerprint density at radius 3 is 2.46 bits per heavy atom. The van der Waals surface area contributed by atoms with Crippen molar-refractivity contribution in [2.24, 2.45) is 11.3 Å². The summed E-state index contributed by atoms with van der Waals surface area (Å²) in [7, 11) is 0. The molecule has 6 nitrogen and oxygen atoms in total. The molecular weight excluding hydrogens is 330 g/mol. The highest BCUT2D eigenvalue weighted by Gasteiger charge is 2.25. The summed E-state index contributed by atoms with van der Waals surface area (Å²) in [4.78, 5) is 24.4. The van der Waals surface area contributed by atoms with Crippen LogP contribution in [-0.4, -0.2) is 24.6 Å². The molecule has 2 atom stereocenters. The lowest BCUT2D eigenvalue weighted by atomic mass is 9.83. The van der Waals surface area contributed by atoms with E-state index in [1.54, 1.807) is 0 Å². The van der Waals surface area contributed by atoms with Crippen LogP contribution in [0.3, 0.4) is 0 Å². The van der Waals surface area contributed by atoms with E-state index in [9.17, 15) is 9.59 Å². The molecule has 0 bridgehead atoms. The van der Waals surface area contributed by atoms with Gasteiger partial charge in [-0.05, 0) is 29.7 Å². The topological polar surface area (TPSA) is 91.2 Å². The standard InChI is InChI=1S/C20H29N3O3/c1-15(13-20(2,3)4)12-17(18(24)22-11-10-21)23-19(25)26-14-16-8-6-5-7-9-16/h5-9,15,17H,11-14H2,1-4H3,(H,22,24)(H,23,25). The van der Waals surface area contributed by atoms with E-state index in [2.05, 4.69) is 31.4 Å². The third kappa shape index (κ3) is 9.07. The summed E-state index contributed by atoms with van der Waals surface area (Å²) in [5.41, 5.74) is 0.996. The number of nitrogens with zero attached hydrogens (tertiary/aromatic N) is 1. The van der Waals surface area contributed by atoms with Gasteiger partial charge < -0.3 is 15.4 Å². The lowest BCUT2D eigenvalue weighted by Crippen LogP contribution is -2.48. The number of carbonyl (C=O) groups excluding carboxylic acids is 2. The average Bonchev–Trinajstić information content (AvgIpc) is 2.56. The van der Waals surface area contributed by atoms with Gasteiger partial charge in [-0.1, -0.05) is 58.0 Å². The van der Waals surface area contributed by atoms with Gasteiger partial charge in [0.25, 0.3) is 0 Å². The van der Waals surface area contributed by atoms with Gasteiger partial charge in [0.2, 0.25) is 5.91 Å². The first-order valence-corrected chi connectivity index (χ1v) is 8.83. The van der Waals surface area contributed by atoms with Gasteiger partial charge in [0.05, 0.1) is 6.07 Å². The smallest absolute Gasteiger partial charge is 0.408 e. The number of benzene rings is 1. The molecule has 2 N–H and O–H groups in total. The fourth-order valence-corrected chi connectivity index (χ4v) is 2.92. The average molecular weight is 359 g/mol. The molecule has 0 aliphatic rings. The second kappa shape index (κ2) is 10.4. The van der Waals surface area contributed by atoms with Crippen molar-refractivity contribution < 1.29 is 14.3 Å². The molecule has 1 rings (SSSR count). The normalized spacial score (nSPS) is 13.2. The molecule has 142 valence electrons. The Balaban J connectivity index is 2.63. The number of carbonyl (C=O) groups is 2. The Bertz CT molecular complexity index is 617. The maximum absolute atomic E-state index is 12.3. The molecule has 0 aliphatic heterocycles. The van der Waals surface area contributed by atoms with Gasteiger partial charge in [0, 0.05) is 0 Å². The summed E-state index contributed by atoms with van der Waals surface area (Å²) in [6, 6.07) is 10.5. The third-order valence-electron chi connectivity index (χ3n) is 3.76. The maximum atomic E-state index is 12.3. The molecule has 2 amide bonds. The lowest BCUT2D eigenvalue weighted by Gasteiger charge is -2.26. The van der Waals surface area contributed by atoms with Crippen LogP contribution in [0.2, 0.25) is 0 Å². The minimum atomic E-state index is -0.732. The monoisotopic (exact) mass is 359 g/mol. The summed E-state index contributed by atoms with van der Waals surface area (Å²) in [6.07, 6.45) is 0.749. The molecular formula is C20H29N3O3. The van der Waals surface area contributed by atoms with Gasteiger partial charge in [0.1, 0.15) is 19.2 Å². The minimum Gasteiger partial charge on any atom is -0.445 e. The molecule has 0 radical (unpaired) electrons. The largest absolute Gasteiger partial charge is 0.445 e. The van der Waals surface area contributed by atoms with Crippen molar-refractivity contribution in [3.05, 3.63) is 35.9 Å². The first kappa shape index (κ1) is 21.5. The van der Waals surface area contributed by atoms with E-state index in [1.807, 2.05) is 43.3 Å². The van der Waals surface area contributed by atoms with Gasteiger partial charge >= 0.3 is 6.09 Å². The van der Waals surface area contributed by atoms with Gasteiger partial charge in [-0.15, -0.1) is 0 Å². The number of nitrogens with one attached hydrogen (secondary N) is 2. The number of hydrogen-bond donors (Lipinski definition) is 2. The molecule has 0 saturated heterocycles. The predicted octanol–water partition coefficient (Wildman–Crippen LogP) is 3.38. The van der Waals surface area contributed by atoms with Crippen LogP contribution in [0.25, 0.3) is 0 Å². The first-order valence-electron chi connectivity index (χ1n) is 8.83. The second-order valence-electron chi connectivity index (χ2n) is 7.74. The van der Waals surface area contributed by atoms with Crippen LogP contribution < -0.4 is 10.6 Å². The van der Waals surface area contributed by atoms with E-state index >= 15 is 0 Å². The number of amides is 2. The van der Waals surface area contributed by atoms with Crippen molar-refractivity contribution in [1.29, 1.82) is 5.26 Å². The minimum absolute atomic E-state index is 0.0935. The Hall–Kier alpha value is -2.55. The number of nitriles is 1. The summed E-state index contributed by atoms with van der Waals surface area (Å²) >= 11 is 0. The zero-order chi connectivity index (χ0) is 19.6. The molecule has 1 aromatic carbocycles. The Morgan fingerprint density at radius 1 is 1.23 bits per heavy atom. The number of rotatable bonds is 8. The zero-order valence-electron chi connectivity index (χ0n) is 16.0. The molecule has 26 heavy (non-hydrogen) atoms. The van der Waals surface area contributed by atoms with Crippen molar-refractivity contribution in [3.8, 4) is 6.07 Å². The van der Waals surface area contributed by atoms with E-state index in [4.69, 9.17) is 10.00 Å². The summed E-state index contributed by atoms with van der Waals surface area (Å²) in [5.74, 6) is -0.147. The summed E-state index contributed by atoms with van der Waals surface area (Å²) in [6.45, 7) is 8.49. The van der Waals surface area contributed by atoms with Crippen LogP contribution in [0.5, 0.6) is 0 Å². The Kier molecular flexibility index (Phi) is 8.63. The number of alkyl carbamates (subject to hydrolysis) is 1. The van der Waals surface area contributed by atoms with E-state index < -0.39 is 12.1 Å². The molecule has 0 fully saturated rings. The third-order valence-corrected chi connectivity index (χ3v) is 3.76. The van der Waals surface area contributed by atoms with E-state index in [0.717, 1.165) is 12.0 Å². The fraction of sp³-hybridized carbons (Fsp3) is 0.550.